The molecule has 3 N–H and O–H groups in total. The summed E-state index contributed by atoms with van der Waals surface area (Å²) in [5.74, 6) is 1.02. The minimum absolute atomic E-state index is 0.414. The molecule has 0 aliphatic carbocycles. The van der Waals surface area contributed by atoms with Crippen molar-refractivity contribution in [3.63, 3.8) is 0 Å². The summed E-state index contributed by atoms with van der Waals surface area (Å²) in [6.07, 6.45) is 1.50. The van der Waals surface area contributed by atoms with Gasteiger partial charge in [-0.1, -0.05) is 0 Å². The van der Waals surface area contributed by atoms with Gasteiger partial charge in [0, 0.05) is 12.8 Å². The highest BCUT2D eigenvalue weighted by Crippen LogP contribution is 2.00. The molecule has 0 unspecified atom stereocenters. The molecule has 38 valence electrons. The van der Waals surface area contributed by atoms with E-state index < -0.39 is 0 Å². The molecule has 1 aliphatic heterocycles. The van der Waals surface area contributed by atoms with Crippen LogP contribution in [0.2, 0.25) is 0 Å². The Morgan fingerprint density at radius 2 is 2.29 bits per heavy atom. The van der Waals surface area contributed by atoms with Crippen molar-refractivity contribution in [1.82, 2.24) is 0 Å². The summed E-state index contributed by atoms with van der Waals surface area (Å²) >= 11 is 0. The van der Waals surface area contributed by atoms with Crippen molar-refractivity contribution in [1.29, 1.82) is 5.41 Å². The van der Waals surface area contributed by atoms with Crippen LogP contribution in [0.25, 0.3) is 0 Å². The van der Waals surface area contributed by atoms with Gasteiger partial charge < -0.3 is 5.73 Å². The van der Waals surface area contributed by atoms with Crippen molar-refractivity contribution in [3.05, 3.63) is 0 Å². The highest BCUT2D eigenvalue weighted by molar-refractivity contribution is 6.01. The van der Waals surface area contributed by atoms with Crippen molar-refractivity contribution in [2.45, 2.75) is 12.8 Å². The third-order valence-electron chi connectivity index (χ3n) is 0.897. The van der Waals surface area contributed by atoms with E-state index >= 15 is 0 Å². The molecule has 0 fully saturated rings. The summed E-state index contributed by atoms with van der Waals surface area (Å²) in [6, 6.07) is 0. The standard InChI is InChI=1S/C4H7N3/c5-3-1-2-4(6)7-3/h1-2H2,(H3,5,6,7). The molecule has 3 nitrogen and oxygen atoms in total. The third-order valence-corrected chi connectivity index (χ3v) is 0.897. The molecule has 0 saturated heterocycles. The molecule has 1 rings (SSSR count). The third kappa shape index (κ3) is 0.765. The molecule has 0 radical (unpaired) electrons. The zero-order valence-electron chi connectivity index (χ0n) is 3.94. The molecule has 1 aliphatic rings. The lowest BCUT2D eigenvalue weighted by Crippen LogP contribution is -2.05. The molecule has 0 saturated carbocycles. The van der Waals surface area contributed by atoms with Crippen LogP contribution < -0.4 is 5.73 Å². The minimum atomic E-state index is 0.414. The predicted molar refractivity (Wildman–Crippen MR) is 28.6 cm³/mol. The number of nitrogens with two attached hydrogens (primary N) is 1. The van der Waals surface area contributed by atoms with Gasteiger partial charge in [-0.15, -0.1) is 0 Å². The Bertz CT molecular complexity index is 125. The largest absolute Gasteiger partial charge is 0.387 e. The molecular weight excluding hydrogens is 90.1 g/mol. The smallest absolute Gasteiger partial charge is 0.122 e. The fourth-order valence-corrected chi connectivity index (χ4v) is 0.532. The second kappa shape index (κ2) is 1.33. The number of nitrogens with one attached hydrogen (secondary N) is 1. The van der Waals surface area contributed by atoms with Crippen LogP contribution in [0, 0.1) is 5.41 Å². The summed E-state index contributed by atoms with van der Waals surface area (Å²) in [7, 11) is 0. The van der Waals surface area contributed by atoms with Crippen LogP contribution in [0.15, 0.2) is 4.99 Å². The minimum Gasteiger partial charge on any atom is -0.387 e. The second-order valence-corrected chi connectivity index (χ2v) is 1.55. The Labute approximate surface area is 41.7 Å². The molecular formula is C4H7N3. The number of rotatable bonds is 0. The van der Waals surface area contributed by atoms with E-state index in [4.69, 9.17) is 11.1 Å². The summed E-state index contributed by atoms with van der Waals surface area (Å²) in [6.45, 7) is 0. The van der Waals surface area contributed by atoms with E-state index in [2.05, 4.69) is 4.99 Å². The number of aliphatic imine (C=N–C) groups is 1. The monoisotopic (exact) mass is 97.1 g/mol. The van der Waals surface area contributed by atoms with Crippen LogP contribution in [0.5, 0.6) is 0 Å². The van der Waals surface area contributed by atoms with E-state index in [0.29, 0.717) is 11.7 Å². The van der Waals surface area contributed by atoms with E-state index in [-0.39, 0.29) is 0 Å². The molecule has 0 aromatic heterocycles. The van der Waals surface area contributed by atoms with Crippen LogP contribution in [0.3, 0.4) is 0 Å². The number of hydrogen-bond donors (Lipinski definition) is 2. The Balaban J connectivity index is 2.67. The Morgan fingerprint density at radius 1 is 1.57 bits per heavy atom. The van der Waals surface area contributed by atoms with Gasteiger partial charge in [-0.3, -0.25) is 5.41 Å². The van der Waals surface area contributed by atoms with Gasteiger partial charge in [0.1, 0.15) is 11.7 Å². The molecule has 0 spiro atoms. The van der Waals surface area contributed by atoms with E-state index in [1.807, 2.05) is 0 Å². The maximum atomic E-state index is 6.91. The number of nitrogens with zero attached hydrogens (tertiary/aromatic N) is 1. The second-order valence-electron chi connectivity index (χ2n) is 1.55. The number of hydrogen-bond acceptors (Lipinski definition) is 2. The van der Waals surface area contributed by atoms with Crippen LogP contribution in [0.1, 0.15) is 12.8 Å². The van der Waals surface area contributed by atoms with Gasteiger partial charge in [-0.05, 0) is 0 Å². The van der Waals surface area contributed by atoms with Crippen LogP contribution in [-0.4, -0.2) is 11.7 Å². The first-order chi connectivity index (χ1) is 3.29. The summed E-state index contributed by atoms with van der Waals surface area (Å²) < 4.78 is 0. The fraction of sp³-hybridized carbons (Fsp3) is 0.500. The van der Waals surface area contributed by atoms with Crippen molar-refractivity contribution < 1.29 is 0 Å². The Kier molecular flexibility index (Phi) is 0.817. The molecule has 0 amide bonds. The topological polar surface area (TPSA) is 62.2 Å². The van der Waals surface area contributed by atoms with Gasteiger partial charge in [-0.25, -0.2) is 4.99 Å². The molecule has 3 heteroatoms. The zero-order chi connectivity index (χ0) is 5.28. The molecule has 1 heterocycles. The zero-order valence-corrected chi connectivity index (χ0v) is 3.94. The molecule has 0 atom stereocenters. The van der Waals surface area contributed by atoms with Gasteiger partial charge in [-0.2, -0.15) is 0 Å². The predicted octanol–water partition coefficient (Wildman–Crippen LogP) is 0.115. The first kappa shape index (κ1) is 4.30. The van der Waals surface area contributed by atoms with Gasteiger partial charge in [0.15, 0.2) is 0 Å². The van der Waals surface area contributed by atoms with Crippen molar-refractivity contribution in [3.8, 4) is 0 Å². The summed E-state index contributed by atoms with van der Waals surface area (Å²) in [5.41, 5.74) is 5.23. The van der Waals surface area contributed by atoms with Crippen LogP contribution in [0.4, 0.5) is 0 Å². The average molecular weight is 97.1 g/mol. The van der Waals surface area contributed by atoms with Crippen molar-refractivity contribution in [2.24, 2.45) is 10.7 Å². The number of amidine groups is 2. The Hall–Kier alpha value is -0.860. The molecule has 0 aromatic rings. The van der Waals surface area contributed by atoms with Gasteiger partial charge in [0.2, 0.25) is 0 Å². The van der Waals surface area contributed by atoms with E-state index in [0.717, 1.165) is 12.8 Å². The normalized spacial score (nSPS) is 20.0. The maximum Gasteiger partial charge on any atom is 0.122 e. The lowest BCUT2D eigenvalue weighted by Gasteiger charge is -1.77. The van der Waals surface area contributed by atoms with Crippen molar-refractivity contribution in [2.75, 3.05) is 0 Å². The van der Waals surface area contributed by atoms with Gasteiger partial charge in [0.05, 0.1) is 0 Å². The molecule has 7 heavy (non-hydrogen) atoms. The molecule has 0 bridgehead atoms. The van der Waals surface area contributed by atoms with E-state index in [1.165, 1.54) is 0 Å². The van der Waals surface area contributed by atoms with E-state index in [1.54, 1.807) is 0 Å². The average Bonchev–Trinajstić information content (AvgIpc) is 1.87. The first-order valence-corrected chi connectivity index (χ1v) is 2.19. The summed E-state index contributed by atoms with van der Waals surface area (Å²) in [4.78, 5) is 3.67. The fourth-order valence-electron chi connectivity index (χ4n) is 0.532. The maximum absolute atomic E-state index is 6.91. The summed E-state index contributed by atoms with van der Waals surface area (Å²) in [5, 5.41) is 6.91. The molecule has 0 aromatic carbocycles. The quantitative estimate of drug-likeness (QED) is 0.443. The first-order valence-electron chi connectivity index (χ1n) is 2.19. The van der Waals surface area contributed by atoms with Gasteiger partial charge >= 0.3 is 0 Å². The lowest BCUT2D eigenvalue weighted by molar-refractivity contribution is 1.16. The van der Waals surface area contributed by atoms with Crippen molar-refractivity contribution >= 4 is 11.7 Å². The lowest BCUT2D eigenvalue weighted by atomic mass is 10.3. The highest BCUT2D eigenvalue weighted by Gasteiger charge is 2.04. The Morgan fingerprint density at radius 3 is 2.43 bits per heavy atom. The van der Waals surface area contributed by atoms with Crippen LogP contribution >= 0.6 is 0 Å². The van der Waals surface area contributed by atoms with E-state index in [9.17, 15) is 0 Å². The SMILES string of the molecule is N=C1CCC(N)=N1. The highest BCUT2D eigenvalue weighted by atomic mass is 14.9. The van der Waals surface area contributed by atoms with Gasteiger partial charge in [0.25, 0.3) is 0 Å². The van der Waals surface area contributed by atoms with Crippen LogP contribution in [-0.2, 0) is 0 Å².